The van der Waals surface area contributed by atoms with Gasteiger partial charge in [0.1, 0.15) is 0 Å². The summed E-state index contributed by atoms with van der Waals surface area (Å²) in [5, 5.41) is 0. The van der Waals surface area contributed by atoms with Crippen LogP contribution in [-0.2, 0) is 4.74 Å². The van der Waals surface area contributed by atoms with E-state index >= 15 is 0 Å². The minimum atomic E-state index is 0.832. The zero-order valence-corrected chi connectivity index (χ0v) is 6.34. The molecule has 1 aliphatic rings. The fourth-order valence-electron chi connectivity index (χ4n) is 1.27. The lowest BCUT2D eigenvalue weighted by Gasteiger charge is -2.27. The number of hydrogen-bond donors (Lipinski definition) is 1. The minimum Gasteiger partial charge on any atom is -0.378 e. The number of anilines is 1. The minimum absolute atomic E-state index is 0.832. The second-order valence-electron chi connectivity index (χ2n) is 2.59. The molecule has 1 N–H and O–H groups in total. The van der Waals surface area contributed by atoms with Gasteiger partial charge in [0.15, 0.2) is 0 Å². The van der Waals surface area contributed by atoms with Crippen molar-refractivity contribution in [1.29, 1.82) is 0 Å². The molecule has 3 nitrogen and oxygen atoms in total. The molecule has 1 fully saturated rings. The highest BCUT2D eigenvalue weighted by molar-refractivity contribution is 5.43. The van der Waals surface area contributed by atoms with Crippen molar-refractivity contribution >= 4 is 5.69 Å². The van der Waals surface area contributed by atoms with Gasteiger partial charge in [-0.15, -0.1) is 0 Å². The predicted octanol–water partition coefficient (Wildman–Crippen LogP) is 0.651. The Labute approximate surface area is 66.0 Å². The van der Waals surface area contributed by atoms with Gasteiger partial charge in [-0.3, -0.25) is 0 Å². The first-order chi connectivity index (χ1) is 5.47. The number of nitrogens with zero attached hydrogens (tertiary/aromatic N) is 1. The van der Waals surface area contributed by atoms with Gasteiger partial charge < -0.3 is 14.6 Å². The van der Waals surface area contributed by atoms with Crippen LogP contribution in [-0.4, -0.2) is 31.3 Å². The second kappa shape index (κ2) is 2.96. The summed E-state index contributed by atoms with van der Waals surface area (Å²) < 4.78 is 5.23. The summed E-state index contributed by atoms with van der Waals surface area (Å²) in [4.78, 5) is 5.18. The number of rotatable bonds is 1. The van der Waals surface area contributed by atoms with Crippen LogP contribution >= 0.6 is 0 Å². The van der Waals surface area contributed by atoms with Crippen LogP contribution < -0.4 is 4.90 Å². The Kier molecular flexibility index (Phi) is 1.81. The van der Waals surface area contributed by atoms with E-state index in [1.807, 2.05) is 12.3 Å². The molecule has 1 radical (unpaired) electrons. The van der Waals surface area contributed by atoms with Gasteiger partial charge in [0.05, 0.1) is 25.1 Å². The summed E-state index contributed by atoms with van der Waals surface area (Å²) in [5.41, 5.74) is 1.15. The van der Waals surface area contributed by atoms with Crippen LogP contribution in [0.1, 0.15) is 0 Å². The molecule has 1 aliphatic heterocycles. The first-order valence-electron chi connectivity index (χ1n) is 3.84. The van der Waals surface area contributed by atoms with Gasteiger partial charge in [-0.25, -0.2) is 0 Å². The van der Waals surface area contributed by atoms with Crippen molar-refractivity contribution in [2.75, 3.05) is 31.2 Å². The number of morpholine rings is 1. The molecule has 1 aromatic rings. The molecule has 1 aromatic heterocycles. The standard InChI is InChI=1S/C8H11N2O/c1-2-9-7-8(1)10-3-5-11-6-4-10/h1-2,9H,3-6H2. The fraction of sp³-hybridized carbons (Fsp3) is 0.500. The molecule has 0 spiro atoms. The third kappa shape index (κ3) is 1.38. The summed E-state index contributed by atoms with van der Waals surface area (Å²) in [6.45, 7) is 3.63. The molecule has 0 unspecified atom stereocenters. The molecule has 3 heteroatoms. The van der Waals surface area contributed by atoms with E-state index in [-0.39, 0.29) is 0 Å². The van der Waals surface area contributed by atoms with Crippen molar-refractivity contribution in [2.45, 2.75) is 0 Å². The molecule has 0 bridgehead atoms. The topological polar surface area (TPSA) is 28.3 Å². The van der Waals surface area contributed by atoms with E-state index in [0.717, 1.165) is 32.0 Å². The Morgan fingerprint density at radius 1 is 1.45 bits per heavy atom. The van der Waals surface area contributed by atoms with Crippen molar-refractivity contribution < 1.29 is 4.74 Å². The van der Waals surface area contributed by atoms with Crippen LogP contribution in [0.4, 0.5) is 5.69 Å². The molecule has 0 aliphatic carbocycles. The van der Waals surface area contributed by atoms with Crippen LogP contribution in [0.3, 0.4) is 0 Å². The molecule has 2 rings (SSSR count). The Morgan fingerprint density at radius 2 is 2.27 bits per heavy atom. The van der Waals surface area contributed by atoms with Gasteiger partial charge in [0.25, 0.3) is 0 Å². The van der Waals surface area contributed by atoms with E-state index < -0.39 is 0 Å². The number of nitrogens with one attached hydrogen (secondary N) is 1. The molecule has 0 aromatic carbocycles. The van der Waals surface area contributed by atoms with Crippen molar-refractivity contribution in [3.8, 4) is 0 Å². The molecular weight excluding hydrogens is 140 g/mol. The average molecular weight is 151 g/mol. The normalized spacial score (nSPS) is 18.7. The third-order valence-corrected chi connectivity index (χ3v) is 1.88. The zero-order chi connectivity index (χ0) is 7.52. The number of aromatic nitrogens is 1. The maximum absolute atomic E-state index is 5.23. The lowest BCUT2D eigenvalue weighted by Crippen LogP contribution is -2.35. The second-order valence-corrected chi connectivity index (χ2v) is 2.59. The van der Waals surface area contributed by atoms with Gasteiger partial charge in [-0.05, 0) is 6.07 Å². The highest BCUT2D eigenvalue weighted by Gasteiger charge is 2.10. The Morgan fingerprint density at radius 3 is 2.91 bits per heavy atom. The molecule has 11 heavy (non-hydrogen) atoms. The lowest BCUT2D eigenvalue weighted by molar-refractivity contribution is 0.122. The summed E-state index contributed by atoms with van der Waals surface area (Å²) in [6, 6.07) is 2.03. The summed E-state index contributed by atoms with van der Waals surface area (Å²) in [7, 11) is 0. The smallest absolute Gasteiger partial charge is 0.0878 e. The predicted molar refractivity (Wildman–Crippen MR) is 42.7 cm³/mol. The first kappa shape index (κ1) is 6.73. The molecule has 59 valence electrons. The first-order valence-corrected chi connectivity index (χ1v) is 3.84. The zero-order valence-electron chi connectivity index (χ0n) is 6.34. The van der Waals surface area contributed by atoms with E-state index in [1.54, 1.807) is 0 Å². The Bertz CT molecular complexity index is 202. The van der Waals surface area contributed by atoms with Crippen LogP contribution in [0.5, 0.6) is 0 Å². The van der Waals surface area contributed by atoms with Crippen LogP contribution in [0.2, 0.25) is 0 Å². The Balaban J connectivity index is 2.04. The van der Waals surface area contributed by atoms with Crippen molar-refractivity contribution in [3.63, 3.8) is 0 Å². The van der Waals surface area contributed by atoms with E-state index in [2.05, 4.69) is 16.1 Å². The van der Waals surface area contributed by atoms with Gasteiger partial charge in [-0.1, -0.05) is 0 Å². The summed E-state index contributed by atoms with van der Waals surface area (Å²) in [6.07, 6.45) is 4.95. The van der Waals surface area contributed by atoms with Crippen LogP contribution in [0.25, 0.3) is 0 Å². The van der Waals surface area contributed by atoms with Crippen molar-refractivity contribution in [3.05, 3.63) is 18.5 Å². The third-order valence-electron chi connectivity index (χ3n) is 1.88. The molecular formula is C8H11N2O. The van der Waals surface area contributed by atoms with Gasteiger partial charge in [0, 0.05) is 19.3 Å². The number of aromatic amines is 1. The average Bonchev–Trinajstić information content (AvgIpc) is 2.58. The van der Waals surface area contributed by atoms with Gasteiger partial charge in [-0.2, -0.15) is 0 Å². The SMILES string of the molecule is [c]1[nH]ccc1N1CCOCC1. The van der Waals surface area contributed by atoms with Crippen molar-refractivity contribution in [2.24, 2.45) is 0 Å². The maximum Gasteiger partial charge on any atom is 0.0878 e. The van der Waals surface area contributed by atoms with Crippen molar-refractivity contribution in [1.82, 2.24) is 4.98 Å². The molecule has 2 heterocycles. The summed E-state index contributed by atoms with van der Waals surface area (Å²) >= 11 is 0. The monoisotopic (exact) mass is 151 g/mol. The van der Waals surface area contributed by atoms with E-state index in [1.165, 1.54) is 0 Å². The fourth-order valence-corrected chi connectivity index (χ4v) is 1.27. The number of hydrogen-bond acceptors (Lipinski definition) is 2. The van der Waals surface area contributed by atoms with E-state index in [0.29, 0.717) is 0 Å². The lowest BCUT2D eigenvalue weighted by atomic mass is 10.4. The maximum atomic E-state index is 5.23. The number of H-pyrrole nitrogens is 1. The highest BCUT2D eigenvalue weighted by atomic mass is 16.5. The molecule has 1 saturated heterocycles. The Hall–Kier alpha value is -0.960. The van der Waals surface area contributed by atoms with Gasteiger partial charge in [0.2, 0.25) is 0 Å². The number of ether oxygens (including phenoxy) is 1. The quantitative estimate of drug-likeness (QED) is 0.638. The van der Waals surface area contributed by atoms with Crippen LogP contribution in [0, 0.1) is 6.20 Å². The van der Waals surface area contributed by atoms with E-state index in [9.17, 15) is 0 Å². The molecule has 0 atom stereocenters. The molecule has 0 saturated carbocycles. The highest BCUT2D eigenvalue weighted by Crippen LogP contribution is 2.12. The molecule has 0 amide bonds. The van der Waals surface area contributed by atoms with E-state index in [4.69, 9.17) is 4.74 Å². The summed E-state index contributed by atoms with van der Waals surface area (Å²) in [5.74, 6) is 0. The van der Waals surface area contributed by atoms with Crippen LogP contribution in [0.15, 0.2) is 12.3 Å². The van der Waals surface area contributed by atoms with Gasteiger partial charge >= 0.3 is 0 Å². The largest absolute Gasteiger partial charge is 0.378 e.